The van der Waals surface area contributed by atoms with Gasteiger partial charge in [-0.05, 0) is 25.5 Å². The average Bonchev–Trinajstić information content (AvgIpc) is 2.70. The maximum absolute atomic E-state index is 12.9. The van der Waals surface area contributed by atoms with Gasteiger partial charge in [-0.1, -0.05) is 0 Å². The Bertz CT molecular complexity index is 631. The van der Waals surface area contributed by atoms with Crippen LogP contribution in [0.3, 0.4) is 0 Å². The van der Waals surface area contributed by atoms with Gasteiger partial charge in [0.1, 0.15) is 0 Å². The van der Waals surface area contributed by atoms with E-state index in [1.165, 1.54) is 13.2 Å². The summed E-state index contributed by atoms with van der Waals surface area (Å²) >= 11 is 0. The summed E-state index contributed by atoms with van der Waals surface area (Å²) < 4.78 is 39.9. The fourth-order valence-electron chi connectivity index (χ4n) is 1.87. The van der Waals surface area contributed by atoms with E-state index in [9.17, 15) is 13.2 Å². The van der Waals surface area contributed by atoms with Crippen LogP contribution >= 0.6 is 0 Å². The molecule has 2 N–H and O–H groups in total. The molecule has 0 aliphatic carbocycles. The molecule has 0 bridgehead atoms. The van der Waals surface area contributed by atoms with E-state index in [1.54, 1.807) is 19.9 Å². The Kier molecular flexibility index (Phi) is 3.51. The summed E-state index contributed by atoms with van der Waals surface area (Å²) in [6.45, 7) is 3.40. The molecule has 0 aromatic carbocycles. The zero-order valence-electron chi connectivity index (χ0n) is 11.2. The molecule has 2 aromatic heterocycles. The van der Waals surface area contributed by atoms with Crippen LogP contribution in [0.4, 0.5) is 13.2 Å². The number of alkyl halides is 3. The first-order valence-electron chi connectivity index (χ1n) is 5.91. The quantitative estimate of drug-likeness (QED) is 0.918. The summed E-state index contributed by atoms with van der Waals surface area (Å²) in [5.74, 6) is 0. The highest BCUT2D eigenvalue weighted by Crippen LogP contribution is 2.36. The maximum atomic E-state index is 12.9. The Morgan fingerprint density at radius 3 is 2.45 bits per heavy atom. The third-order valence-corrected chi connectivity index (χ3v) is 2.82. The number of nitrogens with two attached hydrogens (primary N) is 1. The van der Waals surface area contributed by atoms with Crippen molar-refractivity contribution in [3.63, 3.8) is 0 Å². The first kappa shape index (κ1) is 14.4. The SMILES string of the molecule is Cc1cc(C(C)N)nnc1-c1cn(C)nc1C(F)(F)F. The first-order valence-corrected chi connectivity index (χ1v) is 5.91. The zero-order chi connectivity index (χ0) is 15.1. The number of halogens is 3. The van der Waals surface area contributed by atoms with Crippen LogP contribution in [0, 0.1) is 6.92 Å². The van der Waals surface area contributed by atoms with Gasteiger partial charge in [0.25, 0.3) is 0 Å². The van der Waals surface area contributed by atoms with Gasteiger partial charge in [-0.15, -0.1) is 5.10 Å². The summed E-state index contributed by atoms with van der Waals surface area (Å²) in [5.41, 5.74) is 5.89. The number of rotatable bonds is 2. The minimum Gasteiger partial charge on any atom is -0.323 e. The molecule has 0 aliphatic heterocycles. The van der Waals surface area contributed by atoms with Crippen LogP contribution in [-0.4, -0.2) is 20.0 Å². The largest absolute Gasteiger partial charge is 0.435 e. The molecular weight excluding hydrogens is 271 g/mol. The van der Waals surface area contributed by atoms with Gasteiger partial charge in [0.15, 0.2) is 5.69 Å². The number of aromatic nitrogens is 4. The highest BCUT2D eigenvalue weighted by Gasteiger charge is 2.38. The molecule has 0 spiro atoms. The van der Waals surface area contributed by atoms with Crippen molar-refractivity contribution in [2.75, 3.05) is 0 Å². The highest BCUT2D eigenvalue weighted by molar-refractivity contribution is 5.65. The highest BCUT2D eigenvalue weighted by atomic mass is 19.4. The number of aryl methyl sites for hydroxylation is 2. The van der Waals surface area contributed by atoms with Gasteiger partial charge in [0, 0.05) is 19.3 Å². The van der Waals surface area contributed by atoms with Crippen LogP contribution < -0.4 is 5.73 Å². The van der Waals surface area contributed by atoms with E-state index < -0.39 is 11.9 Å². The Labute approximate surface area is 113 Å². The van der Waals surface area contributed by atoms with Crippen molar-refractivity contribution in [3.8, 4) is 11.3 Å². The van der Waals surface area contributed by atoms with Crippen molar-refractivity contribution in [2.24, 2.45) is 12.8 Å². The summed E-state index contributed by atoms with van der Waals surface area (Å²) in [5, 5.41) is 11.2. The Hall–Kier alpha value is -1.96. The number of nitrogens with zero attached hydrogens (tertiary/aromatic N) is 4. The van der Waals surface area contributed by atoms with Crippen LogP contribution in [0.5, 0.6) is 0 Å². The molecule has 8 heteroatoms. The lowest BCUT2D eigenvalue weighted by atomic mass is 10.1. The maximum Gasteiger partial charge on any atom is 0.435 e. The van der Waals surface area contributed by atoms with Crippen LogP contribution in [0.2, 0.25) is 0 Å². The molecule has 0 fully saturated rings. The predicted octanol–water partition coefficient (Wildman–Crippen LogP) is 2.22. The fourth-order valence-corrected chi connectivity index (χ4v) is 1.87. The van der Waals surface area contributed by atoms with Crippen LogP contribution in [0.1, 0.15) is 29.9 Å². The molecule has 0 saturated carbocycles. The second kappa shape index (κ2) is 4.86. The van der Waals surface area contributed by atoms with Gasteiger partial charge in [-0.3, -0.25) is 4.68 Å². The van der Waals surface area contributed by atoms with Crippen molar-refractivity contribution in [2.45, 2.75) is 26.1 Å². The molecule has 2 aromatic rings. The van der Waals surface area contributed by atoms with Gasteiger partial charge in [-0.2, -0.15) is 23.4 Å². The van der Waals surface area contributed by atoms with Crippen molar-refractivity contribution < 1.29 is 13.2 Å². The second-order valence-electron chi connectivity index (χ2n) is 4.65. The van der Waals surface area contributed by atoms with Gasteiger partial charge in [-0.25, -0.2) is 0 Å². The molecule has 20 heavy (non-hydrogen) atoms. The normalized spacial score (nSPS) is 13.6. The third-order valence-electron chi connectivity index (χ3n) is 2.82. The number of hydrogen-bond donors (Lipinski definition) is 1. The predicted molar refractivity (Wildman–Crippen MR) is 66.6 cm³/mol. The van der Waals surface area contributed by atoms with E-state index in [2.05, 4.69) is 15.3 Å². The fraction of sp³-hybridized carbons (Fsp3) is 0.417. The smallest absolute Gasteiger partial charge is 0.323 e. The Morgan fingerprint density at radius 2 is 1.95 bits per heavy atom. The lowest BCUT2D eigenvalue weighted by molar-refractivity contribution is -0.141. The molecule has 0 amide bonds. The summed E-state index contributed by atoms with van der Waals surface area (Å²) in [6.07, 6.45) is -3.25. The molecule has 0 saturated heterocycles. The minimum absolute atomic E-state index is 0.0822. The molecule has 2 rings (SSSR count). The number of hydrogen-bond acceptors (Lipinski definition) is 4. The van der Waals surface area contributed by atoms with E-state index in [1.807, 2.05) is 0 Å². The molecule has 0 radical (unpaired) electrons. The molecule has 108 valence electrons. The topological polar surface area (TPSA) is 69.6 Å². The van der Waals surface area contributed by atoms with E-state index in [0.29, 0.717) is 11.3 Å². The first-order chi connectivity index (χ1) is 9.20. The molecule has 2 heterocycles. The van der Waals surface area contributed by atoms with Gasteiger partial charge >= 0.3 is 6.18 Å². The van der Waals surface area contributed by atoms with Crippen LogP contribution in [0.25, 0.3) is 11.3 Å². The third kappa shape index (κ3) is 2.64. The summed E-state index contributed by atoms with van der Waals surface area (Å²) in [6, 6.07) is 1.31. The van der Waals surface area contributed by atoms with Crippen molar-refractivity contribution in [1.29, 1.82) is 0 Å². The molecule has 5 nitrogen and oxygen atoms in total. The molecule has 1 atom stereocenters. The Morgan fingerprint density at radius 1 is 1.30 bits per heavy atom. The second-order valence-corrected chi connectivity index (χ2v) is 4.65. The van der Waals surface area contributed by atoms with E-state index in [4.69, 9.17) is 5.73 Å². The van der Waals surface area contributed by atoms with E-state index in [0.717, 1.165) is 4.68 Å². The van der Waals surface area contributed by atoms with Crippen molar-refractivity contribution in [3.05, 3.63) is 29.2 Å². The standard InChI is InChI=1S/C12H14F3N5/c1-6-4-9(7(2)16)17-18-10(6)8-5-20(3)19-11(8)12(13,14)15/h4-5,7H,16H2,1-3H3. The average molecular weight is 285 g/mol. The lowest BCUT2D eigenvalue weighted by Crippen LogP contribution is -2.11. The van der Waals surface area contributed by atoms with Crippen molar-refractivity contribution >= 4 is 0 Å². The van der Waals surface area contributed by atoms with E-state index in [-0.39, 0.29) is 17.3 Å². The molecule has 1 unspecified atom stereocenters. The van der Waals surface area contributed by atoms with Crippen LogP contribution in [-0.2, 0) is 13.2 Å². The van der Waals surface area contributed by atoms with Crippen LogP contribution in [0.15, 0.2) is 12.3 Å². The monoisotopic (exact) mass is 285 g/mol. The molecule has 0 aliphatic rings. The zero-order valence-corrected chi connectivity index (χ0v) is 11.2. The summed E-state index contributed by atoms with van der Waals surface area (Å²) in [7, 11) is 1.43. The van der Waals surface area contributed by atoms with Gasteiger partial charge in [0.05, 0.1) is 17.0 Å². The van der Waals surface area contributed by atoms with E-state index >= 15 is 0 Å². The Balaban J connectivity index is 2.58. The van der Waals surface area contributed by atoms with Gasteiger partial charge in [0.2, 0.25) is 0 Å². The molecular formula is C12H14F3N5. The van der Waals surface area contributed by atoms with Gasteiger partial charge < -0.3 is 5.73 Å². The lowest BCUT2D eigenvalue weighted by Gasteiger charge is -2.09. The van der Waals surface area contributed by atoms with Crippen molar-refractivity contribution in [1.82, 2.24) is 20.0 Å². The summed E-state index contributed by atoms with van der Waals surface area (Å²) in [4.78, 5) is 0. The minimum atomic E-state index is -4.54.